The number of alkyl halides is 2. The van der Waals surface area contributed by atoms with E-state index in [-0.39, 0.29) is 5.78 Å². The van der Waals surface area contributed by atoms with Crippen LogP contribution in [0.4, 0.5) is 0 Å². The average Bonchev–Trinajstić information content (AvgIpc) is 2.68. The van der Waals surface area contributed by atoms with Gasteiger partial charge in [0, 0.05) is 5.41 Å². The number of rotatable bonds is 2. The van der Waals surface area contributed by atoms with Crippen LogP contribution in [-0.4, -0.2) is 10.1 Å². The summed E-state index contributed by atoms with van der Waals surface area (Å²) in [5.41, 5.74) is -0.431. The molecule has 1 saturated carbocycles. The first-order valence-electron chi connectivity index (χ1n) is 3.26. The number of nitrogens with zero attached hydrogens (tertiary/aromatic N) is 1. The van der Waals surface area contributed by atoms with Gasteiger partial charge in [0.05, 0.1) is 0 Å². The fraction of sp³-hybridized carbons (Fsp3) is 0.714. The molecule has 1 rings (SSSR count). The van der Waals surface area contributed by atoms with E-state index >= 15 is 0 Å². The summed E-state index contributed by atoms with van der Waals surface area (Å²) in [6.07, 6.45) is 1.57. The molecule has 1 fully saturated rings. The van der Waals surface area contributed by atoms with E-state index in [4.69, 9.17) is 28.5 Å². The molecule has 1 aliphatic rings. The Morgan fingerprint density at radius 1 is 1.64 bits per heavy atom. The normalized spacial score (nSPS) is 20.5. The van der Waals surface area contributed by atoms with Crippen molar-refractivity contribution in [2.45, 2.75) is 24.1 Å². The van der Waals surface area contributed by atoms with E-state index in [1.165, 1.54) is 0 Å². The number of hydrogen-bond donors (Lipinski definition) is 0. The highest BCUT2D eigenvalue weighted by atomic mass is 35.5. The Bertz CT molecular complexity index is 237. The van der Waals surface area contributed by atoms with Crippen LogP contribution in [0.5, 0.6) is 0 Å². The first-order chi connectivity index (χ1) is 4.92. The summed E-state index contributed by atoms with van der Waals surface area (Å²) in [4.78, 5) is 11.3. The molecule has 0 spiro atoms. The van der Waals surface area contributed by atoms with Crippen LogP contribution in [-0.2, 0) is 4.79 Å². The third kappa shape index (κ3) is 1.50. The van der Waals surface area contributed by atoms with Gasteiger partial charge in [-0.3, -0.25) is 4.79 Å². The van der Waals surface area contributed by atoms with Gasteiger partial charge in [0.1, 0.15) is 6.07 Å². The lowest BCUT2D eigenvalue weighted by molar-refractivity contribution is -0.123. The zero-order chi connectivity index (χ0) is 8.70. The van der Waals surface area contributed by atoms with Gasteiger partial charge in [-0.05, 0) is 12.8 Å². The second kappa shape index (κ2) is 2.36. The maximum atomic E-state index is 11.3. The van der Waals surface area contributed by atoms with Gasteiger partial charge < -0.3 is 0 Å². The average molecular weight is 192 g/mol. The Morgan fingerprint density at radius 3 is 2.36 bits per heavy atom. The predicted molar refractivity (Wildman–Crippen MR) is 42.4 cm³/mol. The third-order valence-electron chi connectivity index (χ3n) is 1.97. The van der Waals surface area contributed by atoms with Gasteiger partial charge >= 0.3 is 0 Å². The van der Waals surface area contributed by atoms with Crippen LogP contribution in [0, 0.1) is 16.7 Å². The van der Waals surface area contributed by atoms with Crippen LogP contribution in [0.3, 0.4) is 0 Å². The number of Topliss-reactive ketones (excluding diaryl/α,β-unsaturated/α-hetero) is 1. The van der Waals surface area contributed by atoms with Crippen molar-refractivity contribution in [2.75, 3.05) is 0 Å². The smallest absolute Gasteiger partial charge is 0.261 e. The second-order valence-electron chi connectivity index (χ2n) is 3.08. The van der Waals surface area contributed by atoms with E-state index in [2.05, 4.69) is 0 Å². The summed E-state index contributed by atoms with van der Waals surface area (Å²) < 4.78 is -1.84. The fourth-order valence-corrected chi connectivity index (χ4v) is 1.30. The highest BCUT2D eigenvalue weighted by Gasteiger charge is 2.53. The molecule has 60 valence electrons. The summed E-state index contributed by atoms with van der Waals surface area (Å²) in [7, 11) is 0. The molecular weight excluding hydrogens is 185 g/mol. The monoisotopic (exact) mass is 191 g/mol. The van der Waals surface area contributed by atoms with Crippen LogP contribution in [0.1, 0.15) is 19.8 Å². The molecule has 0 heterocycles. The fourth-order valence-electron chi connectivity index (χ4n) is 0.844. The zero-order valence-electron chi connectivity index (χ0n) is 6.03. The molecule has 0 atom stereocenters. The Morgan fingerprint density at radius 2 is 2.09 bits per heavy atom. The lowest BCUT2D eigenvalue weighted by Crippen LogP contribution is -2.30. The third-order valence-corrected chi connectivity index (χ3v) is 2.49. The van der Waals surface area contributed by atoms with E-state index < -0.39 is 9.75 Å². The van der Waals surface area contributed by atoms with Crippen LogP contribution >= 0.6 is 23.2 Å². The molecule has 0 saturated heterocycles. The van der Waals surface area contributed by atoms with Crippen molar-refractivity contribution in [3.63, 3.8) is 0 Å². The highest BCUT2D eigenvalue weighted by molar-refractivity contribution is 6.61. The zero-order valence-corrected chi connectivity index (χ0v) is 7.54. The maximum absolute atomic E-state index is 11.3. The van der Waals surface area contributed by atoms with Gasteiger partial charge in [-0.1, -0.05) is 30.1 Å². The molecule has 0 aromatic carbocycles. The molecular formula is C7H7Cl2NO. The van der Waals surface area contributed by atoms with Crippen molar-refractivity contribution in [2.24, 2.45) is 5.41 Å². The first kappa shape index (κ1) is 8.83. The summed E-state index contributed by atoms with van der Waals surface area (Å²) in [6, 6.07) is 1.57. The van der Waals surface area contributed by atoms with Gasteiger partial charge in [-0.2, -0.15) is 5.26 Å². The minimum atomic E-state index is -1.84. The molecule has 0 amide bonds. The van der Waals surface area contributed by atoms with Crippen molar-refractivity contribution in [3.05, 3.63) is 0 Å². The number of carbonyl (C=O) groups excluding carboxylic acids is 1. The van der Waals surface area contributed by atoms with Crippen LogP contribution in [0.15, 0.2) is 0 Å². The molecule has 0 bridgehead atoms. The van der Waals surface area contributed by atoms with Gasteiger partial charge in [0.2, 0.25) is 0 Å². The predicted octanol–water partition coefficient (Wildman–Crippen LogP) is 2.05. The topological polar surface area (TPSA) is 40.9 Å². The molecule has 0 aromatic heterocycles. The largest absolute Gasteiger partial charge is 0.294 e. The highest BCUT2D eigenvalue weighted by Crippen LogP contribution is 2.50. The summed E-state index contributed by atoms with van der Waals surface area (Å²) in [5, 5.41) is 8.42. The number of ketones is 1. The second-order valence-corrected chi connectivity index (χ2v) is 4.40. The van der Waals surface area contributed by atoms with Crippen molar-refractivity contribution in [1.82, 2.24) is 0 Å². The number of hydrogen-bond acceptors (Lipinski definition) is 2. The van der Waals surface area contributed by atoms with E-state index in [0.29, 0.717) is 0 Å². The minimum Gasteiger partial charge on any atom is -0.294 e. The van der Waals surface area contributed by atoms with Crippen molar-refractivity contribution < 1.29 is 4.79 Å². The Kier molecular flexibility index (Phi) is 1.90. The van der Waals surface area contributed by atoms with E-state index in [0.717, 1.165) is 12.8 Å². The molecule has 0 unspecified atom stereocenters. The van der Waals surface area contributed by atoms with E-state index in [1.54, 1.807) is 13.0 Å². The molecule has 0 aliphatic heterocycles. The lowest BCUT2D eigenvalue weighted by Gasteiger charge is -2.13. The molecule has 0 N–H and O–H groups in total. The van der Waals surface area contributed by atoms with Crippen LogP contribution < -0.4 is 0 Å². The number of carbonyl (C=O) groups is 1. The Labute approximate surface area is 75.1 Å². The van der Waals surface area contributed by atoms with E-state index in [1.807, 2.05) is 0 Å². The minimum absolute atomic E-state index is 0.365. The summed E-state index contributed by atoms with van der Waals surface area (Å²) >= 11 is 10.9. The van der Waals surface area contributed by atoms with Gasteiger partial charge in [-0.25, -0.2) is 0 Å². The maximum Gasteiger partial charge on any atom is 0.261 e. The van der Waals surface area contributed by atoms with Gasteiger partial charge in [0.25, 0.3) is 4.33 Å². The standard InChI is InChI=1S/C7H7Cl2NO/c1-6(2-3-6)5(11)7(8,9)4-10/h2-3H2,1H3. The number of nitriles is 1. The quantitative estimate of drug-likeness (QED) is 0.628. The lowest BCUT2D eigenvalue weighted by atomic mass is 10.0. The van der Waals surface area contributed by atoms with E-state index in [9.17, 15) is 4.79 Å². The molecule has 2 nitrogen and oxygen atoms in total. The van der Waals surface area contributed by atoms with Crippen molar-refractivity contribution in [3.8, 4) is 6.07 Å². The molecule has 0 aromatic rings. The molecule has 1 aliphatic carbocycles. The van der Waals surface area contributed by atoms with Gasteiger partial charge in [0.15, 0.2) is 5.78 Å². The molecule has 0 radical (unpaired) electrons. The van der Waals surface area contributed by atoms with Crippen molar-refractivity contribution >= 4 is 29.0 Å². The van der Waals surface area contributed by atoms with Crippen LogP contribution in [0.2, 0.25) is 0 Å². The van der Waals surface area contributed by atoms with Crippen LogP contribution in [0.25, 0.3) is 0 Å². The van der Waals surface area contributed by atoms with Gasteiger partial charge in [-0.15, -0.1) is 0 Å². The Hall–Kier alpha value is -0.260. The van der Waals surface area contributed by atoms with Crippen molar-refractivity contribution in [1.29, 1.82) is 5.26 Å². The molecule has 4 heteroatoms. The molecule has 11 heavy (non-hydrogen) atoms. The Balaban J connectivity index is 2.78. The SMILES string of the molecule is CC1(C(=O)C(Cl)(Cl)C#N)CC1. The summed E-state index contributed by atoms with van der Waals surface area (Å²) in [6.45, 7) is 1.77. The summed E-state index contributed by atoms with van der Waals surface area (Å²) in [5.74, 6) is -0.365. The first-order valence-corrected chi connectivity index (χ1v) is 4.02. The number of halogens is 2.